The lowest BCUT2D eigenvalue weighted by Crippen LogP contribution is -2.34. The largest absolute Gasteiger partial charge is 0.482 e. The van der Waals surface area contributed by atoms with Crippen LogP contribution in [-0.2, 0) is 4.79 Å². The summed E-state index contributed by atoms with van der Waals surface area (Å²) >= 11 is 6.34. The third-order valence-electron chi connectivity index (χ3n) is 5.29. The standard InChI is InChI=1S/C24H23ClN4O5/c1-4-29(5-2)21(30)13-33-19-9-8-15(11-17(19)25)26-23(31)16-12-18(20-7-6-10-32-20)27-24-22(16)14(3)28-34-24/h6-12H,4-5,13H2,1-3H3,(H,26,31). The highest BCUT2D eigenvalue weighted by Crippen LogP contribution is 2.30. The second kappa shape index (κ2) is 9.96. The molecule has 3 aromatic heterocycles. The molecule has 0 unspecified atom stereocenters. The van der Waals surface area contributed by atoms with Gasteiger partial charge < -0.3 is 23.9 Å². The van der Waals surface area contributed by atoms with E-state index in [1.807, 2.05) is 13.8 Å². The number of ether oxygens (including phenoxy) is 1. The summed E-state index contributed by atoms with van der Waals surface area (Å²) < 4.78 is 16.3. The molecule has 3 heterocycles. The Bertz CT molecular complexity index is 1330. The molecule has 1 N–H and O–H groups in total. The van der Waals surface area contributed by atoms with E-state index in [0.717, 1.165) is 0 Å². The number of pyridine rings is 1. The van der Waals surface area contributed by atoms with Crippen molar-refractivity contribution in [2.75, 3.05) is 25.0 Å². The summed E-state index contributed by atoms with van der Waals surface area (Å²) in [4.78, 5) is 31.4. The fourth-order valence-electron chi connectivity index (χ4n) is 3.53. The van der Waals surface area contributed by atoms with Crippen molar-refractivity contribution in [1.29, 1.82) is 0 Å². The quantitative estimate of drug-likeness (QED) is 0.378. The molecule has 0 spiro atoms. The van der Waals surface area contributed by atoms with Gasteiger partial charge in [-0.3, -0.25) is 9.59 Å². The molecule has 34 heavy (non-hydrogen) atoms. The number of aryl methyl sites for hydroxylation is 1. The van der Waals surface area contributed by atoms with Crippen LogP contribution in [0.15, 0.2) is 51.6 Å². The molecule has 0 aliphatic rings. The zero-order valence-corrected chi connectivity index (χ0v) is 19.7. The number of aromatic nitrogens is 2. The number of amides is 2. The second-order valence-corrected chi connectivity index (χ2v) is 7.84. The number of furan rings is 1. The highest BCUT2D eigenvalue weighted by Gasteiger charge is 2.21. The van der Waals surface area contributed by atoms with Crippen LogP contribution < -0.4 is 10.1 Å². The van der Waals surface area contributed by atoms with Gasteiger partial charge in [-0.2, -0.15) is 0 Å². The first-order valence-corrected chi connectivity index (χ1v) is 11.1. The number of nitrogens with one attached hydrogen (secondary N) is 1. The van der Waals surface area contributed by atoms with Gasteiger partial charge >= 0.3 is 0 Å². The SMILES string of the molecule is CCN(CC)C(=O)COc1ccc(NC(=O)c2cc(-c3ccco3)nc3onc(C)c23)cc1Cl. The lowest BCUT2D eigenvalue weighted by molar-refractivity contribution is -0.132. The Morgan fingerprint density at radius 3 is 2.65 bits per heavy atom. The van der Waals surface area contributed by atoms with E-state index in [0.29, 0.717) is 52.6 Å². The number of likely N-dealkylation sites (N-methyl/N-ethyl adjacent to an activating group) is 1. The Kier molecular flexibility index (Phi) is 6.83. The number of hydrogen-bond donors (Lipinski definition) is 1. The third-order valence-corrected chi connectivity index (χ3v) is 5.59. The topological polar surface area (TPSA) is 111 Å². The molecule has 2 amide bonds. The van der Waals surface area contributed by atoms with Crippen LogP contribution in [0.1, 0.15) is 29.9 Å². The summed E-state index contributed by atoms with van der Waals surface area (Å²) in [5.74, 6) is 0.319. The maximum absolute atomic E-state index is 13.2. The van der Waals surface area contributed by atoms with E-state index in [2.05, 4.69) is 15.5 Å². The van der Waals surface area contributed by atoms with Crippen LogP contribution in [0.25, 0.3) is 22.6 Å². The Balaban J connectivity index is 1.54. The van der Waals surface area contributed by atoms with Crippen molar-refractivity contribution in [3.8, 4) is 17.2 Å². The van der Waals surface area contributed by atoms with Gasteiger partial charge in [-0.1, -0.05) is 16.8 Å². The predicted octanol–water partition coefficient (Wildman–Crippen LogP) is 4.94. The molecule has 0 atom stereocenters. The van der Waals surface area contributed by atoms with Gasteiger partial charge in [-0.25, -0.2) is 4.98 Å². The zero-order valence-electron chi connectivity index (χ0n) is 18.9. The summed E-state index contributed by atoms with van der Waals surface area (Å²) in [6.07, 6.45) is 1.52. The number of carbonyl (C=O) groups is 2. The molecule has 0 radical (unpaired) electrons. The monoisotopic (exact) mass is 482 g/mol. The van der Waals surface area contributed by atoms with Crippen molar-refractivity contribution in [2.45, 2.75) is 20.8 Å². The highest BCUT2D eigenvalue weighted by atomic mass is 35.5. The summed E-state index contributed by atoms with van der Waals surface area (Å²) in [6.45, 7) is 6.63. The first-order chi connectivity index (χ1) is 16.4. The van der Waals surface area contributed by atoms with Gasteiger partial charge in [0.15, 0.2) is 12.4 Å². The van der Waals surface area contributed by atoms with Gasteiger partial charge in [0.2, 0.25) is 0 Å². The Morgan fingerprint density at radius 2 is 1.97 bits per heavy atom. The maximum Gasteiger partial charge on any atom is 0.260 e. The van der Waals surface area contributed by atoms with Crippen molar-refractivity contribution in [2.24, 2.45) is 0 Å². The molecule has 0 saturated heterocycles. The van der Waals surface area contributed by atoms with E-state index in [9.17, 15) is 9.59 Å². The van der Waals surface area contributed by atoms with E-state index in [4.69, 9.17) is 25.3 Å². The lowest BCUT2D eigenvalue weighted by atomic mass is 10.1. The van der Waals surface area contributed by atoms with Gasteiger partial charge in [0.05, 0.1) is 27.9 Å². The maximum atomic E-state index is 13.2. The fraction of sp³-hybridized carbons (Fsp3) is 0.250. The molecule has 4 rings (SSSR count). The zero-order chi connectivity index (χ0) is 24.2. The Morgan fingerprint density at radius 1 is 1.18 bits per heavy atom. The average molecular weight is 483 g/mol. The molecule has 176 valence electrons. The van der Waals surface area contributed by atoms with Crippen molar-refractivity contribution in [3.05, 3.63) is 58.9 Å². The first-order valence-electron chi connectivity index (χ1n) is 10.7. The van der Waals surface area contributed by atoms with Crippen molar-refractivity contribution in [1.82, 2.24) is 15.0 Å². The first kappa shape index (κ1) is 23.3. The number of carbonyl (C=O) groups excluding carboxylic acids is 2. The molecular weight excluding hydrogens is 460 g/mol. The molecule has 0 saturated carbocycles. The smallest absolute Gasteiger partial charge is 0.260 e. The molecule has 1 aromatic carbocycles. The van der Waals surface area contributed by atoms with Crippen LogP contribution >= 0.6 is 11.6 Å². The van der Waals surface area contributed by atoms with Crippen LogP contribution in [0.5, 0.6) is 5.75 Å². The summed E-state index contributed by atoms with van der Waals surface area (Å²) in [7, 11) is 0. The van der Waals surface area contributed by atoms with Crippen LogP contribution in [0.3, 0.4) is 0 Å². The average Bonchev–Trinajstić information content (AvgIpc) is 3.49. The number of benzene rings is 1. The number of rotatable bonds is 8. The van der Waals surface area contributed by atoms with E-state index in [1.54, 1.807) is 48.2 Å². The van der Waals surface area contributed by atoms with Gasteiger partial charge in [-0.15, -0.1) is 0 Å². The number of fused-ring (bicyclic) bond motifs is 1. The summed E-state index contributed by atoms with van der Waals surface area (Å²) in [5, 5.41) is 7.54. The predicted molar refractivity (Wildman–Crippen MR) is 127 cm³/mol. The number of nitrogens with zero attached hydrogens (tertiary/aromatic N) is 3. The third kappa shape index (κ3) is 4.74. The molecular formula is C24H23ClN4O5. The molecule has 9 nitrogen and oxygen atoms in total. The molecule has 10 heteroatoms. The van der Waals surface area contributed by atoms with Crippen LogP contribution in [-0.4, -0.2) is 46.6 Å². The fourth-order valence-corrected chi connectivity index (χ4v) is 3.76. The molecule has 0 aliphatic carbocycles. The molecule has 0 aliphatic heterocycles. The summed E-state index contributed by atoms with van der Waals surface area (Å²) in [5.41, 5.74) is 2.00. The minimum Gasteiger partial charge on any atom is -0.482 e. The Labute approximate surface area is 200 Å². The van der Waals surface area contributed by atoms with Crippen LogP contribution in [0.4, 0.5) is 5.69 Å². The van der Waals surface area contributed by atoms with Crippen LogP contribution in [0.2, 0.25) is 5.02 Å². The normalized spacial score (nSPS) is 10.9. The van der Waals surface area contributed by atoms with Gasteiger partial charge in [0, 0.05) is 18.8 Å². The highest BCUT2D eigenvalue weighted by molar-refractivity contribution is 6.32. The van der Waals surface area contributed by atoms with E-state index in [1.165, 1.54) is 6.26 Å². The van der Waals surface area contributed by atoms with E-state index >= 15 is 0 Å². The molecule has 0 fully saturated rings. The van der Waals surface area contributed by atoms with Gasteiger partial charge in [0.25, 0.3) is 17.5 Å². The van der Waals surface area contributed by atoms with E-state index in [-0.39, 0.29) is 23.3 Å². The number of hydrogen-bond acceptors (Lipinski definition) is 7. The van der Waals surface area contributed by atoms with Crippen molar-refractivity contribution >= 4 is 40.2 Å². The lowest BCUT2D eigenvalue weighted by Gasteiger charge is -2.19. The van der Waals surface area contributed by atoms with Gasteiger partial charge in [-0.05, 0) is 57.2 Å². The summed E-state index contributed by atoms with van der Waals surface area (Å²) in [6, 6.07) is 9.90. The van der Waals surface area contributed by atoms with E-state index < -0.39 is 5.91 Å². The number of halogens is 1. The van der Waals surface area contributed by atoms with Crippen molar-refractivity contribution < 1.29 is 23.3 Å². The number of anilines is 1. The minimum atomic E-state index is -0.395. The van der Waals surface area contributed by atoms with Crippen molar-refractivity contribution in [3.63, 3.8) is 0 Å². The van der Waals surface area contributed by atoms with Crippen LogP contribution in [0, 0.1) is 6.92 Å². The molecule has 4 aromatic rings. The second-order valence-electron chi connectivity index (χ2n) is 7.43. The Hall–Kier alpha value is -3.85. The molecule has 0 bridgehead atoms. The van der Waals surface area contributed by atoms with Gasteiger partial charge in [0.1, 0.15) is 11.4 Å². The minimum absolute atomic E-state index is 0.121.